The first-order valence-corrected chi connectivity index (χ1v) is 19.1. The Kier molecular flexibility index (Phi) is 11.2. The second kappa shape index (κ2) is 16.0. The Hall–Kier alpha value is -3.96. The number of nitrogens with one attached hydrogen (secondary N) is 2. The van der Waals surface area contributed by atoms with Gasteiger partial charge in [-0.05, 0) is 130 Å². The molecule has 2 N–H and O–H groups in total. The van der Waals surface area contributed by atoms with Crippen LogP contribution in [0.5, 0.6) is 5.75 Å². The Balaban J connectivity index is 0.883. The van der Waals surface area contributed by atoms with E-state index in [0.717, 1.165) is 90.6 Å². The summed E-state index contributed by atoms with van der Waals surface area (Å²) in [6.07, 6.45) is 11.7. The number of rotatable bonds is 10. The molecule has 2 amide bonds. The third kappa shape index (κ3) is 8.00. The smallest absolute Gasteiger partial charge is 0.259 e. The van der Waals surface area contributed by atoms with Crippen molar-refractivity contribution < 1.29 is 14.3 Å². The van der Waals surface area contributed by atoms with Crippen LogP contribution >= 0.6 is 23.2 Å². The molecule has 0 saturated carbocycles. The number of carbonyl (C=O) groups excluding carboxylic acids is 2. The molecule has 0 radical (unpaired) electrons. The highest BCUT2D eigenvalue weighted by Gasteiger charge is 2.28. The highest BCUT2D eigenvalue weighted by Crippen LogP contribution is 2.38. The quantitative estimate of drug-likeness (QED) is 0.175. The van der Waals surface area contributed by atoms with Crippen LogP contribution in [-0.4, -0.2) is 77.0 Å². The van der Waals surface area contributed by atoms with E-state index < -0.39 is 6.04 Å². The van der Waals surface area contributed by atoms with Crippen molar-refractivity contribution in [2.24, 2.45) is 13.0 Å². The Morgan fingerprint density at radius 2 is 1.69 bits per heavy atom. The lowest BCUT2D eigenvalue weighted by molar-refractivity contribution is -0.133. The number of amides is 2. The van der Waals surface area contributed by atoms with Crippen LogP contribution in [0.25, 0.3) is 21.9 Å². The average molecular weight is 746 g/mol. The number of aryl methyl sites for hydroxylation is 1. The SMILES string of the molecule is COc1cc(-c2cn(C)c(=O)c3cnccc23)cc(Cl)c1CN1CCC(CCN2CCC(c3ccc(NC4CCC(=O)NC4=O)cc3Cl)CC2)CC1. The third-order valence-electron chi connectivity index (χ3n) is 11.2. The maximum absolute atomic E-state index is 12.7. The van der Waals surface area contributed by atoms with Gasteiger partial charge in [0.1, 0.15) is 11.8 Å². The molecule has 10 nitrogen and oxygen atoms in total. The van der Waals surface area contributed by atoms with Gasteiger partial charge in [-0.1, -0.05) is 29.3 Å². The number of ether oxygens (including phenoxy) is 1. The first kappa shape index (κ1) is 36.4. The summed E-state index contributed by atoms with van der Waals surface area (Å²) >= 11 is 13.7. The first-order chi connectivity index (χ1) is 25.2. The highest BCUT2D eigenvalue weighted by atomic mass is 35.5. The molecule has 5 heterocycles. The standard InChI is InChI=1S/C40H46Cl2N6O4/c1-46-23-32(30-7-13-43-22-31(30)40(46)51)27-19-34(41)33(37(20-27)52-2)24-48-15-9-25(10-16-48)8-14-47-17-11-26(12-18-47)29-4-3-28(21-35(29)42)44-36-5-6-38(49)45-39(36)50/h3-4,7,13,19-23,25-26,36,44H,5-6,8-12,14-18,24H2,1-2H3,(H,45,49,50). The Morgan fingerprint density at radius 3 is 2.42 bits per heavy atom. The molecule has 0 aliphatic carbocycles. The molecule has 1 unspecified atom stereocenters. The van der Waals surface area contributed by atoms with Crippen LogP contribution in [0.3, 0.4) is 0 Å². The van der Waals surface area contributed by atoms with E-state index in [1.165, 1.54) is 24.8 Å². The molecule has 3 saturated heterocycles. The van der Waals surface area contributed by atoms with Gasteiger partial charge in [0.05, 0.1) is 12.5 Å². The lowest BCUT2D eigenvalue weighted by Gasteiger charge is -2.36. The monoisotopic (exact) mass is 744 g/mol. The minimum absolute atomic E-state index is 0.0813. The summed E-state index contributed by atoms with van der Waals surface area (Å²) in [7, 11) is 3.44. The fraction of sp³-hybridized carbons (Fsp3) is 0.450. The molecule has 12 heteroatoms. The normalized spacial score (nSPS) is 19.6. The predicted octanol–water partition coefficient (Wildman–Crippen LogP) is 6.61. The van der Waals surface area contributed by atoms with Crippen LogP contribution in [-0.2, 0) is 23.2 Å². The maximum Gasteiger partial charge on any atom is 0.259 e. The molecule has 0 spiro atoms. The van der Waals surface area contributed by atoms with Gasteiger partial charge in [-0.2, -0.15) is 0 Å². The van der Waals surface area contributed by atoms with Crippen LogP contribution in [0, 0.1) is 5.92 Å². The van der Waals surface area contributed by atoms with E-state index in [2.05, 4.69) is 31.5 Å². The van der Waals surface area contributed by atoms with Crippen molar-refractivity contribution in [1.29, 1.82) is 0 Å². The number of hydrogen-bond donors (Lipinski definition) is 2. The number of piperidine rings is 3. The first-order valence-electron chi connectivity index (χ1n) is 18.3. The number of hydrogen-bond acceptors (Lipinski definition) is 8. The highest BCUT2D eigenvalue weighted by molar-refractivity contribution is 6.32. The third-order valence-corrected chi connectivity index (χ3v) is 11.9. The largest absolute Gasteiger partial charge is 0.496 e. The van der Waals surface area contributed by atoms with Gasteiger partial charge >= 0.3 is 0 Å². The number of fused-ring (bicyclic) bond motifs is 1. The summed E-state index contributed by atoms with van der Waals surface area (Å²) in [5, 5.41) is 8.43. The van der Waals surface area contributed by atoms with Crippen LogP contribution in [0.2, 0.25) is 10.0 Å². The lowest BCUT2D eigenvalue weighted by Crippen LogP contribution is -2.47. The van der Waals surface area contributed by atoms with Crippen molar-refractivity contribution in [1.82, 2.24) is 24.7 Å². The van der Waals surface area contributed by atoms with Gasteiger partial charge < -0.3 is 19.5 Å². The molecule has 2 aromatic carbocycles. The fourth-order valence-corrected chi connectivity index (χ4v) is 8.72. The molecule has 3 fully saturated rings. The Morgan fingerprint density at radius 1 is 0.923 bits per heavy atom. The fourth-order valence-electron chi connectivity index (χ4n) is 8.11. The van der Waals surface area contributed by atoms with Crippen molar-refractivity contribution in [2.75, 3.05) is 45.2 Å². The van der Waals surface area contributed by atoms with Crippen LogP contribution in [0.4, 0.5) is 5.69 Å². The molecule has 2 aromatic heterocycles. The molecule has 3 aliphatic rings. The Bertz CT molecular complexity index is 2020. The molecule has 1 atom stereocenters. The lowest BCUT2D eigenvalue weighted by atomic mass is 9.88. The number of methoxy groups -OCH3 is 1. The van der Waals surface area contributed by atoms with Gasteiger partial charge in [-0.3, -0.25) is 29.6 Å². The van der Waals surface area contributed by atoms with Crippen LogP contribution < -0.4 is 20.9 Å². The number of pyridine rings is 2. The molecular formula is C40H46Cl2N6O4. The summed E-state index contributed by atoms with van der Waals surface area (Å²) in [5.74, 6) is 1.38. The van der Waals surface area contributed by atoms with Crippen LogP contribution in [0.1, 0.15) is 62.0 Å². The second-order valence-electron chi connectivity index (χ2n) is 14.5. The summed E-state index contributed by atoms with van der Waals surface area (Å²) in [4.78, 5) is 45.6. The number of likely N-dealkylation sites (tertiary alicyclic amines) is 2. The van der Waals surface area contributed by atoms with Gasteiger partial charge in [0.2, 0.25) is 11.8 Å². The summed E-state index contributed by atoms with van der Waals surface area (Å²) < 4.78 is 7.46. The van der Waals surface area contributed by atoms with Gasteiger partial charge in [-0.25, -0.2) is 0 Å². The number of benzene rings is 2. The molecule has 52 heavy (non-hydrogen) atoms. The topological polar surface area (TPSA) is 109 Å². The molecule has 0 bridgehead atoms. The summed E-state index contributed by atoms with van der Waals surface area (Å²) in [6.45, 7) is 6.04. The van der Waals surface area contributed by atoms with Crippen molar-refractivity contribution in [3.8, 4) is 16.9 Å². The predicted molar refractivity (Wildman–Crippen MR) is 206 cm³/mol. The van der Waals surface area contributed by atoms with E-state index in [4.69, 9.17) is 27.9 Å². The number of anilines is 1. The van der Waals surface area contributed by atoms with Crippen molar-refractivity contribution in [2.45, 2.75) is 63.5 Å². The molecule has 7 rings (SSSR count). The number of halogens is 2. The van der Waals surface area contributed by atoms with Crippen molar-refractivity contribution >= 4 is 51.5 Å². The zero-order valence-corrected chi connectivity index (χ0v) is 31.3. The molecule has 274 valence electrons. The zero-order valence-electron chi connectivity index (χ0n) is 29.8. The maximum atomic E-state index is 12.7. The van der Waals surface area contributed by atoms with Crippen LogP contribution in [0.15, 0.2) is 59.8 Å². The van der Waals surface area contributed by atoms with Gasteiger partial charge in [-0.15, -0.1) is 0 Å². The number of nitrogens with zero attached hydrogens (tertiary/aromatic N) is 4. The minimum Gasteiger partial charge on any atom is -0.496 e. The van der Waals surface area contributed by atoms with E-state index in [-0.39, 0.29) is 17.4 Å². The van der Waals surface area contributed by atoms with E-state index in [1.54, 1.807) is 31.1 Å². The zero-order chi connectivity index (χ0) is 36.4. The van der Waals surface area contributed by atoms with Crippen molar-refractivity contribution in [3.63, 3.8) is 0 Å². The number of aromatic nitrogens is 2. The van der Waals surface area contributed by atoms with Gasteiger partial charge in [0.15, 0.2) is 0 Å². The molecule has 4 aromatic rings. The average Bonchev–Trinajstić information content (AvgIpc) is 3.15. The molecule has 3 aliphatic heterocycles. The van der Waals surface area contributed by atoms with E-state index >= 15 is 0 Å². The second-order valence-corrected chi connectivity index (χ2v) is 15.3. The number of carbonyl (C=O) groups is 2. The minimum atomic E-state index is -0.421. The van der Waals surface area contributed by atoms with Gasteiger partial charge in [0.25, 0.3) is 5.56 Å². The summed E-state index contributed by atoms with van der Waals surface area (Å²) in [5.41, 5.74) is 4.70. The summed E-state index contributed by atoms with van der Waals surface area (Å²) in [6, 6.07) is 11.5. The van der Waals surface area contributed by atoms with Gasteiger partial charge in [0, 0.05) is 65.5 Å². The number of imide groups is 1. The van der Waals surface area contributed by atoms with E-state index in [1.807, 2.05) is 36.5 Å². The van der Waals surface area contributed by atoms with E-state index in [9.17, 15) is 14.4 Å². The Labute approximate surface area is 314 Å². The van der Waals surface area contributed by atoms with Crippen molar-refractivity contribution in [3.05, 3.63) is 86.5 Å². The molecular weight excluding hydrogens is 699 g/mol. The van der Waals surface area contributed by atoms with E-state index in [0.29, 0.717) is 35.1 Å².